The van der Waals surface area contributed by atoms with Crippen LogP contribution in [0.15, 0.2) is 33.3 Å². The van der Waals surface area contributed by atoms with Crippen molar-refractivity contribution in [2.24, 2.45) is 5.92 Å². The van der Waals surface area contributed by atoms with Crippen molar-refractivity contribution in [2.45, 2.75) is 25.7 Å². The first-order chi connectivity index (χ1) is 9.20. The van der Waals surface area contributed by atoms with E-state index in [2.05, 4.69) is 26.1 Å². The molecule has 1 aromatic heterocycles. The summed E-state index contributed by atoms with van der Waals surface area (Å²) in [5.41, 5.74) is 1.11. The average molecular weight is 321 g/mol. The maximum atomic E-state index is 11.6. The van der Waals surface area contributed by atoms with Crippen molar-refractivity contribution in [1.82, 2.24) is 10.1 Å². The summed E-state index contributed by atoms with van der Waals surface area (Å²) in [6.45, 7) is 0. The van der Waals surface area contributed by atoms with E-state index in [0.29, 0.717) is 18.1 Å². The third-order valence-corrected chi connectivity index (χ3v) is 3.67. The highest BCUT2D eigenvalue weighted by molar-refractivity contribution is 9.10. The van der Waals surface area contributed by atoms with Gasteiger partial charge in [0, 0.05) is 16.8 Å². The summed E-state index contributed by atoms with van der Waals surface area (Å²) < 4.78 is 6.16. The zero-order valence-corrected chi connectivity index (χ0v) is 11.9. The van der Waals surface area contributed by atoms with Crippen molar-refractivity contribution in [3.05, 3.63) is 46.0 Å². The Labute approximate surface area is 119 Å². The number of rotatable bonds is 5. The van der Waals surface area contributed by atoms with Crippen LogP contribution >= 0.6 is 15.9 Å². The third-order valence-electron chi connectivity index (χ3n) is 3.14. The molecule has 1 aliphatic rings. The number of carbonyl (C=O) groups excluding carboxylic acids is 1. The molecule has 4 nitrogen and oxygen atoms in total. The predicted molar refractivity (Wildman–Crippen MR) is 72.7 cm³/mol. The number of hydrogen-bond acceptors (Lipinski definition) is 4. The van der Waals surface area contributed by atoms with Crippen LogP contribution in [0, 0.1) is 5.92 Å². The van der Waals surface area contributed by atoms with Gasteiger partial charge in [-0.2, -0.15) is 4.98 Å². The van der Waals surface area contributed by atoms with Gasteiger partial charge in [0.05, 0.1) is 6.42 Å². The van der Waals surface area contributed by atoms with E-state index in [9.17, 15) is 4.79 Å². The van der Waals surface area contributed by atoms with Crippen LogP contribution in [0.2, 0.25) is 0 Å². The number of ketones is 1. The molecule has 1 aliphatic carbocycles. The fourth-order valence-electron chi connectivity index (χ4n) is 1.92. The van der Waals surface area contributed by atoms with Gasteiger partial charge < -0.3 is 4.52 Å². The molecule has 5 heteroatoms. The molecule has 98 valence electrons. The number of halogens is 1. The highest BCUT2D eigenvalue weighted by atomic mass is 79.9. The molecule has 1 saturated carbocycles. The molecule has 3 rings (SSSR count). The molecular formula is C14H13BrN2O2. The van der Waals surface area contributed by atoms with Gasteiger partial charge in [-0.05, 0) is 30.5 Å². The maximum Gasteiger partial charge on any atom is 0.234 e. The Hall–Kier alpha value is -1.49. The Kier molecular flexibility index (Phi) is 3.46. The first kappa shape index (κ1) is 12.5. The largest absolute Gasteiger partial charge is 0.339 e. The first-order valence-electron chi connectivity index (χ1n) is 6.29. The molecule has 0 amide bonds. The van der Waals surface area contributed by atoms with Gasteiger partial charge in [-0.1, -0.05) is 33.2 Å². The van der Waals surface area contributed by atoms with E-state index in [-0.39, 0.29) is 18.1 Å². The highest BCUT2D eigenvalue weighted by Crippen LogP contribution is 2.30. The summed E-state index contributed by atoms with van der Waals surface area (Å²) in [4.78, 5) is 15.9. The lowest BCUT2D eigenvalue weighted by Gasteiger charge is -1.96. The smallest absolute Gasteiger partial charge is 0.234 e. The molecule has 2 aromatic rings. The molecule has 0 unspecified atom stereocenters. The number of Topliss-reactive ketones (excluding diaryl/α,β-unsaturated/α-hetero) is 1. The topological polar surface area (TPSA) is 56.0 Å². The molecule has 1 fully saturated rings. The SMILES string of the molecule is O=C(Cc1nc(Cc2ccc(Br)cc2)no1)C1CC1. The van der Waals surface area contributed by atoms with Crippen LogP contribution in [0.5, 0.6) is 0 Å². The second-order valence-corrected chi connectivity index (χ2v) is 5.74. The van der Waals surface area contributed by atoms with Crippen molar-refractivity contribution in [3.63, 3.8) is 0 Å². The van der Waals surface area contributed by atoms with Crippen LogP contribution < -0.4 is 0 Å². The average Bonchev–Trinajstić information content (AvgIpc) is 3.16. The minimum Gasteiger partial charge on any atom is -0.339 e. The first-order valence-corrected chi connectivity index (χ1v) is 7.08. The molecule has 0 aliphatic heterocycles. The predicted octanol–water partition coefficient (Wildman–Crippen LogP) is 2.94. The summed E-state index contributed by atoms with van der Waals surface area (Å²) in [6.07, 6.45) is 2.92. The van der Waals surface area contributed by atoms with E-state index in [0.717, 1.165) is 22.9 Å². The van der Waals surface area contributed by atoms with Crippen LogP contribution in [0.1, 0.15) is 30.1 Å². The molecule has 19 heavy (non-hydrogen) atoms. The lowest BCUT2D eigenvalue weighted by atomic mass is 10.1. The minimum absolute atomic E-state index is 0.221. The number of benzene rings is 1. The fraction of sp³-hybridized carbons (Fsp3) is 0.357. The number of hydrogen-bond donors (Lipinski definition) is 0. The van der Waals surface area contributed by atoms with Crippen molar-refractivity contribution in [3.8, 4) is 0 Å². The van der Waals surface area contributed by atoms with Gasteiger partial charge in [-0.25, -0.2) is 0 Å². The summed E-state index contributed by atoms with van der Waals surface area (Å²) in [5.74, 6) is 1.52. The van der Waals surface area contributed by atoms with Gasteiger partial charge in [-0.3, -0.25) is 4.79 Å². The van der Waals surface area contributed by atoms with Gasteiger partial charge >= 0.3 is 0 Å². The summed E-state index contributed by atoms with van der Waals surface area (Å²) in [5, 5.41) is 3.92. The van der Waals surface area contributed by atoms with Crippen molar-refractivity contribution < 1.29 is 9.32 Å². The third kappa shape index (κ3) is 3.29. The van der Waals surface area contributed by atoms with Crippen molar-refractivity contribution in [2.75, 3.05) is 0 Å². The van der Waals surface area contributed by atoms with Crippen molar-refractivity contribution in [1.29, 1.82) is 0 Å². The fourth-order valence-corrected chi connectivity index (χ4v) is 2.18. The van der Waals surface area contributed by atoms with E-state index in [1.165, 1.54) is 0 Å². The van der Waals surface area contributed by atoms with Crippen molar-refractivity contribution >= 4 is 21.7 Å². The Morgan fingerprint density at radius 3 is 2.74 bits per heavy atom. The van der Waals surface area contributed by atoms with Crippen LogP contribution in [-0.4, -0.2) is 15.9 Å². The van der Waals surface area contributed by atoms with E-state index in [1.807, 2.05) is 24.3 Å². The molecule has 0 saturated heterocycles. The molecule has 1 heterocycles. The second kappa shape index (κ2) is 5.25. The quantitative estimate of drug-likeness (QED) is 0.850. The number of nitrogens with zero attached hydrogens (tertiary/aromatic N) is 2. The zero-order chi connectivity index (χ0) is 13.2. The van der Waals surface area contributed by atoms with E-state index < -0.39 is 0 Å². The van der Waals surface area contributed by atoms with Gasteiger partial charge in [-0.15, -0.1) is 0 Å². The van der Waals surface area contributed by atoms with E-state index >= 15 is 0 Å². The Balaban J connectivity index is 1.64. The molecule has 1 aromatic carbocycles. The maximum absolute atomic E-state index is 11.6. The monoisotopic (exact) mass is 320 g/mol. The van der Waals surface area contributed by atoms with Gasteiger partial charge in [0.15, 0.2) is 5.82 Å². The number of aromatic nitrogens is 2. The molecular weight excluding hydrogens is 308 g/mol. The molecule has 0 bridgehead atoms. The minimum atomic E-state index is 0.221. The Morgan fingerprint density at radius 1 is 1.32 bits per heavy atom. The molecule has 0 spiro atoms. The highest BCUT2D eigenvalue weighted by Gasteiger charge is 2.30. The lowest BCUT2D eigenvalue weighted by Crippen LogP contribution is -2.05. The molecule has 0 radical (unpaired) electrons. The second-order valence-electron chi connectivity index (χ2n) is 4.82. The normalized spacial score (nSPS) is 14.6. The Morgan fingerprint density at radius 2 is 2.05 bits per heavy atom. The van der Waals surface area contributed by atoms with Crippen LogP contribution in [-0.2, 0) is 17.6 Å². The number of carbonyl (C=O) groups is 1. The van der Waals surface area contributed by atoms with Gasteiger partial charge in [0.2, 0.25) is 5.89 Å². The van der Waals surface area contributed by atoms with E-state index in [1.54, 1.807) is 0 Å². The molecule has 0 atom stereocenters. The van der Waals surface area contributed by atoms with Crippen LogP contribution in [0.3, 0.4) is 0 Å². The zero-order valence-electron chi connectivity index (χ0n) is 10.3. The van der Waals surface area contributed by atoms with E-state index in [4.69, 9.17) is 4.52 Å². The Bertz CT molecular complexity index is 588. The summed E-state index contributed by atoms with van der Waals surface area (Å²) in [7, 11) is 0. The lowest BCUT2D eigenvalue weighted by molar-refractivity contribution is -0.119. The summed E-state index contributed by atoms with van der Waals surface area (Å²) in [6, 6.07) is 7.98. The summed E-state index contributed by atoms with van der Waals surface area (Å²) >= 11 is 3.39. The van der Waals surface area contributed by atoms with Crippen LogP contribution in [0.25, 0.3) is 0 Å². The standard InChI is InChI=1S/C14H13BrN2O2/c15-11-5-1-9(2-6-11)7-13-16-14(19-17-13)8-12(18)10-3-4-10/h1-2,5-6,10H,3-4,7-8H2. The van der Waals surface area contributed by atoms with Crippen LogP contribution in [0.4, 0.5) is 0 Å². The molecule has 0 N–H and O–H groups in total. The van der Waals surface area contributed by atoms with Gasteiger partial charge in [0.25, 0.3) is 0 Å². The van der Waals surface area contributed by atoms with Gasteiger partial charge in [0.1, 0.15) is 5.78 Å².